The van der Waals surface area contributed by atoms with Gasteiger partial charge in [-0.3, -0.25) is 9.72 Å². The van der Waals surface area contributed by atoms with Crippen LogP contribution in [0, 0.1) is 0 Å². The summed E-state index contributed by atoms with van der Waals surface area (Å²) in [6, 6.07) is 22.4. The summed E-state index contributed by atoms with van der Waals surface area (Å²) in [5.41, 5.74) is 5.32. The van der Waals surface area contributed by atoms with Crippen molar-refractivity contribution in [1.29, 1.82) is 0 Å². The van der Waals surface area contributed by atoms with Gasteiger partial charge in [-0.1, -0.05) is 54.6 Å². The van der Waals surface area contributed by atoms with Crippen molar-refractivity contribution >= 4 is 23.2 Å². The fourth-order valence-corrected chi connectivity index (χ4v) is 4.98. The standard InChI is InChI=1S/C33H29N5O8.K/c1-3-42-31-34-27-10-6-9-26(30(39)44-20-45-33(41)43-19-22-15-16-37(2)17-22)28(27)38(31)18-21-11-13-23(14-12-21)24-7-4-5-8-25(24)29-35-32(40)46-36-29;/h4-17H,3,18-20H2,1-2H3,(H,35,36,40);/q;+1/p-1. The average Bonchev–Trinajstić information content (AvgIpc) is 3.79. The van der Waals surface area contributed by atoms with Gasteiger partial charge in [0.1, 0.15) is 6.61 Å². The number of benzene rings is 3. The minimum Gasteiger partial charge on any atom is -0.465 e. The molecule has 0 radical (unpaired) electrons. The van der Waals surface area contributed by atoms with Crippen LogP contribution in [0.15, 0.2) is 94.5 Å². The van der Waals surface area contributed by atoms with Gasteiger partial charge in [0.25, 0.3) is 6.01 Å². The third kappa shape index (κ3) is 7.92. The van der Waals surface area contributed by atoms with E-state index in [-0.39, 0.29) is 69.4 Å². The first kappa shape index (κ1) is 33.9. The van der Waals surface area contributed by atoms with E-state index < -0.39 is 24.7 Å². The van der Waals surface area contributed by atoms with Crippen molar-refractivity contribution in [3.63, 3.8) is 0 Å². The molecule has 0 unspecified atom stereocenters. The van der Waals surface area contributed by atoms with E-state index in [4.69, 9.17) is 18.9 Å². The van der Waals surface area contributed by atoms with Gasteiger partial charge in [0.05, 0.1) is 29.7 Å². The van der Waals surface area contributed by atoms with Gasteiger partial charge in [-0.25, -0.2) is 14.4 Å². The molecular weight excluding hydrogens is 633 g/mol. The zero-order valence-corrected chi connectivity index (χ0v) is 29.0. The molecule has 6 aromatic rings. The summed E-state index contributed by atoms with van der Waals surface area (Å²) in [4.78, 5) is 45.1. The summed E-state index contributed by atoms with van der Waals surface area (Å²) < 4.78 is 29.4. The van der Waals surface area contributed by atoms with Gasteiger partial charge in [-0.2, -0.15) is 4.98 Å². The van der Waals surface area contributed by atoms with E-state index in [0.29, 0.717) is 35.8 Å². The fourth-order valence-electron chi connectivity index (χ4n) is 4.98. The van der Waals surface area contributed by atoms with E-state index in [1.54, 1.807) is 22.8 Å². The molecule has 0 amide bonds. The van der Waals surface area contributed by atoms with E-state index in [2.05, 4.69) is 19.6 Å². The van der Waals surface area contributed by atoms with Gasteiger partial charge in [-0.05, 0) is 53.2 Å². The number of rotatable bonds is 11. The summed E-state index contributed by atoms with van der Waals surface area (Å²) in [5, 5.41) is 3.77. The Kier molecular flexibility index (Phi) is 11.1. The number of esters is 1. The zero-order valence-electron chi connectivity index (χ0n) is 25.9. The minimum atomic E-state index is -0.961. The third-order valence-electron chi connectivity index (χ3n) is 7.02. The molecule has 0 aliphatic heterocycles. The van der Waals surface area contributed by atoms with Crippen molar-refractivity contribution in [3.8, 4) is 28.5 Å². The molecule has 3 aromatic heterocycles. The maximum atomic E-state index is 13.2. The third-order valence-corrected chi connectivity index (χ3v) is 7.02. The molecule has 0 saturated heterocycles. The predicted molar refractivity (Wildman–Crippen MR) is 164 cm³/mol. The van der Waals surface area contributed by atoms with E-state index >= 15 is 0 Å². The Hall–Kier alpha value is -4.47. The molecule has 13 nitrogen and oxygen atoms in total. The number of aryl methyl sites for hydroxylation is 1. The minimum absolute atomic E-state index is 0. The predicted octanol–water partition coefficient (Wildman–Crippen LogP) is 1.93. The summed E-state index contributed by atoms with van der Waals surface area (Å²) in [5.74, 6) is -1.25. The maximum Gasteiger partial charge on any atom is 1.00 e. The molecule has 3 aromatic carbocycles. The van der Waals surface area contributed by atoms with Gasteiger partial charge in [-0.15, -0.1) is 0 Å². The van der Waals surface area contributed by atoms with Crippen LogP contribution in [0.4, 0.5) is 4.79 Å². The molecule has 0 saturated carbocycles. The first-order chi connectivity index (χ1) is 22.4. The molecule has 0 bridgehead atoms. The van der Waals surface area contributed by atoms with Crippen molar-refractivity contribution in [2.24, 2.45) is 7.05 Å². The molecule has 47 heavy (non-hydrogen) atoms. The van der Waals surface area contributed by atoms with Crippen LogP contribution < -0.4 is 66.9 Å². The summed E-state index contributed by atoms with van der Waals surface area (Å²) in [6.45, 7) is 1.93. The number of carbonyl (C=O) groups excluding carboxylic acids is 2. The van der Waals surface area contributed by atoms with E-state index in [1.165, 1.54) is 0 Å². The number of hydrogen-bond donors (Lipinski definition) is 0. The Morgan fingerprint density at radius 1 is 0.915 bits per heavy atom. The maximum absolute atomic E-state index is 13.2. The number of imidazole rings is 1. The second-order valence-electron chi connectivity index (χ2n) is 10.1. The molecule has 0 aliphatic rings. The van der Waals surface area contributed by atoms with Crippen LogP contribution in [-0.4, -0.2) is 44.8 Å². The van der Waals surface area contributed by atoms with Gasteiger partial charge < -0.3 is 33.0 Å². The molecule has 6 rings (SSSR count). The Labute approximate surface area is 310 Å². The number of hydrogen-bond acceptors (Lipinski definition) is 10. The topological polar surface area (TPSA) is 151 Å². The molecule has 14 heteroatoms. The molecule has 234 valence electrons. The van der Waals surface area contributed by atoms with Gasteiger partial charge >= 0.3 is 69.3 Å². The van der Waals surface area contributed by atoms with Crippen molar-refractivity contribution in [3.05, 3.63) is 112 Å². The van der Waals surface area contributed by atoms with Crippen LogP contribution in [0.3, 0.4) is 0 Å². The number of ether oxygens (including phenoxy) is 4. The smallest absolute Gasteiger partial charge is 0.465 e. The normalized spacial score (nSPS) is 10.8. The van der Waals surface area contributed by atoms with Crippen LogP contribution in [0.1, 0.15) is 28.4 Å². The first-order valence-corrected chi connectivity index (χ1v) is 14.3. The zero-order chi connectivity index (χ0) is 32.0. The second-order valence-corrected chi connectivity index (χ2v) is 10.1. The quantitative estimate of drug-likeness (QED) is 0.114. The fraction of sp³-hybridized carbons (Fsp3) is 0.182. The van der Waals surface area contributed by atoms with Crippen LogP contribution in [0.2, 0.25) is 0 Å². The Balaban J connectivity index is 0.00000433. The van der Waals surface area contributed by atoms with Gasteiger partial charge in [0.15, 0.2) is 0 Å². The van der Waals surface area contributed by atoms with Crippen LogP contribution in [0.5, 0.6) is 6.01 Å². The Bertz CT molecular complexity index is 2060. The average molecular weight is 662 g/mol. The number of para-hydroxylation sites is 1. The molecule has 0 spiro atoms. The van der Waals surface area contributed by atoms with Crippen LogP contribution in [0.25, 0.3) is 33.5 Å². The molecule has 0 aliphatic carbocycles. The van der Waals surface area contributed by atoms with Crippen molar-refractivity contribution in [2.75, 3.05) is 13.4 Å². The number of carbonyl (C=O) groups is 2. The first-order valence-electron chi connectivity index (χ1n) is 14.3. The van der Waals surface area contributed by atoms with Crippen LogP contribution in [-0.2, 0) is 34.4 Å². The molecule has 3 heterocycles. The molecule has 0 fully saturated rings. The number of fused-ring (bicyclic) bond motifs is 1. The van der Waals surface area contributed by atoms with E-state index in [0.717, 1.165) is 22.3 Å². The summed E-state index contributed by atoms with van der Waals surface area (Å²) in [7, 11) is 1.86. The van der Waals surface area contributed by atoms with Gasteiger partial charge in [0, 0.05) is 25.0 Å². The molecular formula is C33H28KN5O8. The Morgan fingerprint density at radius 3 is 2.40 bits per heavy atom. The van der Waals surface area contributed by atoms with Crippen molar-refractivity contribution in [2.45, 2.75) is 20.1 Å². The number of nitrogens with zero attached hydrogens (tertiary/aromatic N) is 5. The summed E-state index contributed by atoms with van der Waals surface area (Å²) in [6.07, 6.45) is 2.68. The monoisotopic (exact) mass is 661 g/mol. The number of aromatic nitrogens is 5. The summed E-state index contributed by atoms with van der Waals surface area (Å²) >= 11 is 0. The van der Waals surface area contributed by atoms with Crippen molar-refractivity contribution < 1.29 is 84.4 Å². The Morgan fingerprint density at radius 2 is 1.70 bits per heavy atom. The van der Waals surface area contributed by atoms with Gasteiger partial charge in [0.2, 0.25) is 6.79 Å². The van der Waals surface area contributed by atoms with Crippen LogP contribution >= 0.6 is 0 Å². The largest absolute Gasteiger partial charge is 1.00 e. The second kappa shape index (κ2) is 15.4. The molecule has 0 atom stereocenters. The van der Waals surface area contributed by atoms with Crippen molar-refractivity contribution in [1.82, 2.24) is 24.3 Å². The van der Waals surface area contributed by atoms with E-state index in [9.17, 15) is 14.4 Å². The SMILES string of the molecule is CCOc1nc2cccc(C(=O)OCOC(=O)OCc3ccn(C)c3)c2n1Cc1ccc(-c2ccccc2-c2noc(=O)[n-]2)cc1.[K+]. The van der Waals surface area contributed by atoms with E-state index in [1.807, 2.05) is 85.5 Å². The molecule has 0 N–H and O–H groups in total.